The Bertz CT molecular complexity index is 627. The number of amides is 1. The molecule has 2 aromatic rings. The van der Waals surface area contributed by atoms with E-state index in [-0.39, 0.29) is 24.4 Å². The molecule has 0 atom stereocenters. The van der Waals surface area contributed by atoms with Crippen molar-refractivity contribution in [1.29, 1.82) is 0 Å². The van der Waals surface area contributed by atoms with Crippen molar-refractivity contribution < 1.29 is 13.9 Å². The Morgan fingerprint density at radius 3 is 2.50 bits per heavy atom. The molecule has 2 aromatic carbocycles. The van der Waals surface area contributed by atoms with Gasteiger partial charge in [-0.05, 0) is 50.2 Å². The molecular weight excluding hydrogens is 283 g/mol. The fourth-order valence-electron chi connectivity index (χ4n) is 1.87. The number of rotatable bonds is 6. The normalized spacial score (nSPS) is 10.4. The van der Waals surface area contributed by atoms with Gasteiger partial charge in [0.1, 0.15) is 11.6 Å². The summed E-state index contributed by atoms with van der Waals surface area (Å²) in [6, 6.07) is 13.1. The predicted molar refractivity (Wildman–Crippen MR) is 85.7 cm³/mol. The summed E-state index contributed by atoms with van der Waals surface area (Å²) >= 11 is 0. The largest absolute Gasteiger partial charge is 0.489 e. The number of para-hydroxylation sites is 2. The SMILES string of the molecule is CC(C)Oc1ccccc1NC(=O)CNc1ccc(F)cc1. The average Bonchev–Trinajstić information content (AvgIpc) is 2.48. The monoisotopic (exact) mass is 302 g/mol. The van der Waals surface area contributed by atoms with Crippen LogP contribution in [0, 0.1) is 5.82 Å². The van der Waals surface area contributed by atoms with Crippen LogP contribution in [-0.2, 0) is 4.79 Å². The third kappa shape index (κ3) is 4.77. The van der Waals surface area contributed by atoms with E-state index in [9.17, 15) is 9.18 Å². The molecule has 0 heterocycles. The maximum absolute atomic E-state index is 12.8. The first-order chi connectivity index (χ1) is 10.5. The lowest BCUT2D eigenvalue weighted by atomic mass is 10.2. The highest BCUT2D eigenvalue weighted by Crippen LogP contribution is 2.24. The number of nitrogens with one attached hydrogen (secondary N) is 2. The van der Waals surface area contributed by atoms with Gasteiger partial charge >= 0.3 is 0 Å². The number of halogens is 1. The van der Waals surface area contributed by atoms with Crippen LogP contribution in [0.25, 0.3) is 0 Å². The molecule has 0 aliphatic heterocycles. The number of anilines is 2. The second-order valence-corrected chi connectivity index (χ2v) is 5.07. The Balaban J connectivity index is 1.93. The lowest BCUT2D eigenvalue weighted by molar-refractivity contribution is -0.114. The summed E-state index contributed by atoms with van der Waals surface area (Å²) in [5, 5.41) is 5.73. The van der Waals surface area contributed by atoms with Gasteiger partial charge in [0, 0.05) is 5.69 Å². The predicted octanol–water partition coefficient (Wildman–Crippen LogP) is 3.66. The highest BCUT2D eigenvalue weighted by atomic mass is 19.1. The molecule has 0 aliphatic rings. The van der Waals surface area contributed by atoms with Gasteiger partial charge in [-0.15, -0.1) is 0 Å². The minimum Gasteiger partial charge on any atom is -0.489 e. The summed E-state index contributed by atoms with van der Waals surface area (Å²) in [5.41, 5.74) is 1.31. The van der Waals surface area contributed by atoms with E-state index in [1.165, 1.54) is 12.1 Å². The fraction of sp³-hybridized carbons (Fsp3) is 0.235. The Morgan fingerprint density at radius 2 is 1.82 bits per heavy atom. The third-order valence-electron chi connectivity index (χ3n) is 2.82. The molecule has 22 heavy (non-hydrogen) atoms. The molecule has 0 spiro atoms. The summed E-state index contributed by atoms with van der Waals surface area (Å²) in [5.74, 6) is 0.117. The van der Waals surface area contributed by atoms with Crippen molar-refractivity contribution in [3.8, 4) is 5.75 Å². The number of hydrogen-bond donors (Lipinski definition) is 2. The van der Waals surface area contributed by atoms with E-state index < -0.39 is 0 Å². The molecule has 1 amide bonds. The van der Waals surface area contributed by atoms with Crippen molar-refractivity contribution in [2.24, 2.45) is 0 Å². The second kappa shape index (κ2) is 7.45. The molecule has 5 heteroatoms. The number of hydrogen-bond acceptors (Lipinski definition) is 3. The fourth-order valence-corrected chi connectivity index (χ4v) is 1.87. The van der Waals surface area contributed by atoms with Gasteiger partial charge in [0.15, 0.2) is 0 Å². The Morgan fingerprint density at radius 1 is 1.14 bits per heavy atom. The maximum Gasteiger partial charge on any atom is 0.243 e. The number of benzene rings is 2. The number of ether oxygens (including phenoxy) is 1. The van der Waals surface area contributed by atoms with E-state index in [0.717, 1.165) is 0 Å². The Kier molecular flexibility index (Phi) is 5.36. The summed E-state index contributed by atoms with van der Waals surface area (Å²) in [6.07, 6.45) is 0.0235. The van der Waals surface area contributed by atoms with Gasteiger partial charge in [-0.25, -0.2) is 4.39 Å². The van der Waals surface area contributed by atoms with Crippen LogP contribution in [0.2, 0.25) is 0 Å². The molecule has 0 aliphatic carbocycles. The molecule has 0 bridgehead atoms. The third-order valence-corrected chi connectivity index (χ3v) is 2.82. The molecule has 0 aromatic heterocycles. The smallest absolute Gasteiger partial charge is 0.243 e. The minimum atomic E-state index is -0.310. The van der Waals surface area contributed by atoms with Crippen LogP contribution >= 0.6 is 0 Å². The maximum atomic E-state index is 12.8. The molecule has 2 N–H and O–H groups in total. The summed E-state index contributed by atoms with van der Waals surface area (Å²) in [4.78, 5) is 12.0. The van der Waals surface area contributed by atoms with Gasteiger partial charge in [-0.3, -0.25) is 4.79 Å². The first-order valence-corrected chi connectivity index (χ1v) is 7.09. The van der Waals surface area contributed by atoms with Crippen molar-refractivity contribution in [2.75, 3.05) is 17.2 Å². The summed E-state index contributed by atoms with van der Waals surface area (Å²) in [7, 11) is 0. The molecule has 0 saturated heterocycles. The quantitative estimate of drug-likeness (QED) is 0.856. The van der Waals surface area contributed by atoms with E-state index in [1.807, 2.05) is 32.0 Å². The first-order valence-electron chi connectivity index (χ1n) is 7.09. The minimum absolute atomic E-state index is 0.0235. The highest BCUT2D eigenvalue weighted by molar-refractivity contribution is 5.95. The standard InChI is InChI=1S/C17H19FN2O2/c1-12(2)22-16-6-4-3-5-15(16)20-17(21)11-19-14-9-7-13(18)8-10-14/h3-10,12,19H,11H2,1-2H3,(H,20,21). The van der Waals surface area contributed by atoms with Crippen LogP contribution in [0.1, 0.15) is 13.8 Å². The van der Waals surface area contributed by atoms with Gasteiger partial charge in [-0.2, -0.15) is 0 Å². The van der Waals surface area contributed by atoms with Gasteiger partial charge in [0.25, 0.3) is 0 Å². The van der Waals surface area contributed by atoms with Gasteiger partial charge < -0.3 is 15.4 Å². The zero-order valence-electron chi connectivity index (χ0n) is 12.6. The topological polar surface area (TPSA) is 50.4 Å². The molecule has 2 rings (SSSR count). The van der Waals surface area contributed by atoms with Crippen LogP contribution in [0.15, 0.2) is 48.5 Å². The van der Waals surface area contributed by atoms with E-state index in [1.54, 1.807) is 18.2 Å². The van der Waals surface area contributed by atoms with Gasteiger partial charge in [0.05, 0.1) is 18.3 Å². The van der Waals surface area contributed by atoms with Gasteiger partial charge in [0.2, 0.25) is 5.91 Å². The first kappa shape index (κ1) is 15.8. The van der Waals surface area contributed by atoms with Crippen LogP contribution in [0.5, 0.6) is 5.75 Å². The lowest BCUT2D eigenvalue weighted by Gasteiger charge is -2.15. The average molecular weight is 302 g/mol. The number of carbonyl (C=O) groups excluding carboxylic acids is 1. The van der Waals surface area contributed by atoms with Crippen LogP contribution in [-0.4, -0.2) is 18.6 Å². The van der Waals surface area contributed by atoms with Crippen LogP contribution in [0.3, 0.4) is 0 Å². The molecular formula is C17H19FN2O2. The zero-order valence-corrected chi connectivity index (χ0v) is 12.6. The van der Waals surface area contributed by atoms with Crippen molar-refractivity contribution in [3.63, 3.8) is 0 Å². The molecule has 0 unspecified atom stereocenters. The molecule has 0 radical (unpaired) electrons. The van der Waals surface area contributed by atoms with Crippen LogP contribution < -0.4 is 15.4 Å². The number of carbonyl (C=O) groups is 1. The Hall–Kier alpha value is -2.56. The van der Waals surface area contributed by atoms with Gasteiger partial charge in [-0.1, -0.05) is 12.1 Å². The van der Waals surface area contributed by atoms with Crippen molar-refractivity contribution in [3.05, 3.63) is 54.3 Å². The Labute approximate surface area is 129 Å². The summed E-state index contributed by atoms with van der Waals surface area (Å²) < 4.78 is 18.4. The molecule has 0 saturated carbocycles. The molecule has 116 valence electrons. The molecule has 0 fully saturated rings. The highest BCUT2D eigenvalue weighted by Gasteiger charge is 2.08. The van der Waals surface area contributed by atoms with Crippen molar-refractivity contribution in [1.82, 2.24) is 0 Å². The van der Waals surface area contributed by atoms with Crippen molar-refractivity contribution in [2.45, 2.75) is 20.0 Å². The van der Waals surface area contributed by atoms with E-state index >= 15 is 0 Å². The summed E-state index contributed by atoms with van der Waals surface area (Å²) in [6.45, 7) is 3.94. The second-order valence-electron chi connectivity index (χ2n) is 5.07. The van der Waals surface area contributed by atoms with E-state index in [4.69, 9.17) is 4.74 Å². The molecule has 4 nitrogen and oxygen atoms in total. The van der Waals surface area contributed by atoms with E-state index in [0.29, 0.717) is 17.1 Å². The van der Waals surface area contributed by atoms with Crippen molar-refractivity contribution >= 4 is 17.3 Å². The van der Waals surface area contributed by atoms with Crippen LogP contribution in [0.4, 0.5) is 15.8 Å². The van der Waals surface area contributed by atoms with E-state index in [2.05, 4.69) is 10.6 Å². The lowest BCUT2D eigenvalue weighted by Crippen LogP contribution is -2.22. The zero-order chi connectivity index (χ0) is 15.9.